The lowest BCUT2D eigenvalue weighted by molar-refractivity contribution is -0.127. The molecule has 1 saturated heterocycles. The summed E-state index contributed by atoms with van der Waals surface area (Å²) in [5.74, 6) is 1.55. The Hall–Kier alpha value is -1.12. The van der Waals surface area contributed by atoms with E-state index >= 15 is 0 Å². The van der Waals surface area contributed by atoms with Crippen molar-refractivity contribution in [1.29, 1.82) is 0 Å². The van der Waals surface area contributed by atoms with E-state index in [1.165, 1.54) is 4.90 Å². The van der Waals surface area contributed by atoms with Crippen LogP contribution in [0.3, 0.4) is 0 Å². The average Bonchev–Trinajstić information content (AvgIpc) is 2.50. The molecule has 0 saturated carbocycles. The Morgan fingerprint density at radius 1 is 1.73 bits per heavy atom. The summed E-state index contributed by atoms with van der Waals surface area (Å²) in [5.41, 5.74) is 5.58. The van der Waals surface area contributed by atoms with Crippen molar-refractivity contribution in [3.63, 3.8) is 0 Å². The van der Waals surface area contributed by atoms with Crippen LogP contribution < -0.4 is 5.73 Å². The number of likely N-dealkylation sites (tertiary alicyclic amines) is 1. The summed E-state index contributed by atoms with van der Waals surface area (Å²) in [5, 5.41) is 0. The zero-order valence-electron chi connectivity index (χ0n) is 6.17. The van der Waals surface area contributed by atoms with E-state index in [-0.39, 0.29) is 12.5 Å². The van der Waals surface area contributed by atoms with Gasteiger partial charge < -0.3 is 10.6 Å². The number of nitrogens with zero attached hydrogens (tertiary/aromatic N) is 1. The van der Waals surface area contributed by atoms with Crippen LogP contribution in [0.5, 0.6) is 0 Å². The lowest BCUT2D eigenvalue weighted by atomic mass is 10.3. The Balaban J connectivity index is 2.72. The van der Waals surface area contributed by atoms with Crippen molar-refractivity contribution in [3.8, 4) is 0 Å². The van der Waals surface area contributed by atoms with Crippen LogP contribution in [0.25, 0.3) is 0 Å². The SMILES string of the molecule is NCC(=O)N1CCCC1=C=O. The standard InChI is InChI=1S/C7H10N2O2/c8-4-7(11)9-3-1-2-6(9)5-10/h1-4,8H2. The number of allylic oxidation sites excluding steroid dienone is 1. The van der Waals surface area contributed by atoms with E-state index in [9.17, 15) is 9.59 Å². The molecule has 1 rings (SSSR count). The van der Waals surface area contributed by atoms with Gasteiger partial charge in [0.2, 0.25) is 5.91 Å². The first kappa shape index (κ1) is 7.98. The number of rotatable bonds is 1. The predicted octanol–water partition coefficient (Wildman–Crippen LogP) is -0.717. The van der Waals surface area contributed by atoms with E-state index in [1.807, 2.05) is 0 Å². The number of carbonyl (C=O) groups excluding carboxylic acids is 2. The van der Waals surface area contributed by atoms with Gasteiger partial charge in [0.15, 0.2) is 0 Å². The molecular formula is C7H10N2O2. The predicted molar refractivity (Wildman–Crippen MR) is 39.2 cm³/mol. The summed E-state index contributed by atoms with van der Waals surface area (Å²) in [6.07, 6.45) is 1.49. The highest BCUT2D eigenvalue weighted by atomic mass is 16.2. The van der Waals surface area contributed by atoms with Gasteiger partial charge in [-0.25, -0.2) is 4.79 Å². The third kappa shape index (κ3) is 1.48. The summed E-state index contributed by atoms with van der Waals surface area (Å²) in [6, 6.07) is 0. The monoisotopic (exact) mass is 154 g/mol. The largest absolute Gasteiger partial charge is 0.322 e. The minimum absolute atomic E-state index is 0.0365. The van der Waals surface area contributed by atoms with Gasteiger partial charge in [-0.2, -0.15) is 0 Å². The second-order valence-electron chi connectivity index (χ2n) is 2.40. The maximum Gasteiger partial charge on any atom is 0.241 e. The quantitative estimate of drug-likeness (QED) is 0.507. The van der Waals surface area contributed by atoms with Gasteiger partial charge in [-0.3, -0.25) is 4.79 Å². The first-order valence-electron chi connectivity index (χ1n) is 3.54. The van der Waals surface area contributed by atoms with Crippen molar-refractivity contribution in [2.24, 2.45) is 5.73 Å². The van der Waals surface area contributed by atoms with Crippen molar-refractivity contribution < 1.29 is 9.59 Å². The molecular weight excluding hydrogens is 144 g/mol. The van der Waals surface area contributed by atoms with Crippen LogP contribution in [0.2, 0.25) is 0 Å². The summed E-state index contributed by atoms with van der Waals surface area (Å²) in [6.45, 7) is 0.575. The molecule has 60 valence electrons. The Morgan fingerprint density at radius 2 is 2.45 bits per heavy atom. The molecule has 4 nitrogen and oxygen atoms in total. The molecule has 4 heteroatoms. The van der Waals surface area contributed by atoms with Gasteiger partial charge in [0.1, 0.15) is 11.6 Å². The van der Waals surface area contributed by atoms with Gasteiger partial charge in [0.25, 0.3) is 0 Å². The second kappa shape index (κ2) is 3.32. The molecule has 2 N–H and O–H groups in total. The first-order valence-corrected chi connectivity index (χ1v) is 3.54. The minimum atomic E-state index is -0.194. The van der Waals surface area contributed by atoms with E-state index in [0.29, 0.717) is 18.7 Å². The molecule has 0 aromatic rings. The average molecular weight is 154 g/mol. The summed E-state index contributed by atoms with van der Waals surface area (Å²) < 4.78 is 0. The topological polar surface area (TPSA) is 63.4 Å². The molecule has 0 aromatic carbocycles. The molecule has 0 spiro atoms. The van der Waals surface area contributed by atoms with Gasteiger partial charge in [0.05, 0.1) is 6.54 Å². The molecule has 1 amide bonds. The van der Waals surface area contributed by atoms with E-state index in [0.717, 1.165) is 6.42 Å². The molecule has 1 fully saturated rings. The van der Waals surface area contributed by atoms with Gasteiger partial charge in [-0.15, -0.1) is 0 Å². The minimum Gasteiger partial charge on any atom is -0.322 e. The van der Waals surface area contributed by atoms with Gasteiger partial charge >= 0.3 is 0 Å². The lowest BCUT2D eigenvalue weighted by Crippen LogP contribution is -2.32. The maximum atomic E-state index is 11.0. The number of nitrogens with two attached hydrogens (primary N) is 1. The molecule has 11 heavy (non-hydrogen) atoms. The Kier molecular flexibility index (Phi) is 2.41. The van der Waals surface area contributed by atoms with Crippen LogP contribution in [-0.4, -0.2) is 29.8 Å². The van der Waals surface area contributed by atoms with Gasteiger partial charge in [0, 0.05) is 13.0 Å². The fraction of sp³-hybridized carbons (Fsp3) is 0.571. The Bertz CT molecular complexity index is 218. The second-order valence-corrected chi connectivity index (χ2v) is 2.40. The molecule has 1 heterocycles. The fourth-order valence-electron chi connectivity index (χ4n) is 1.17. The van der Waals surface area contributed by atoms with Gasteiger partial charge in [-0.05, 0) is 6.42 Å². The summed E-state index contributed by atoms with van der Waals surface area (Å²) >= 11 is 0. The van der Waals surface area contributed by atoms with Crippen molar-refractivity contribution in [2.75, 3.05) is 13.1 Å². The van der Waals surface area contributed by atoms with Crippen molar-refractivity contribution >= 4 is 11.8 Å². The fourth-order valence-corrected chi connectivity index (χ4v) is 1.17. The Morgan fingerprint density at radius 3 is 3.00 bits per heavy atom. The first-order chi connectivity index (χ1) is 5.29. The third-order valence-electron chi connectivity index (χ3n) is 1.71. The normalized spacial score (nSPS) is 16.8. The highest BCUT2D eigenvalue weighted by Crippen LogP contribution is 2.17. The highest BCUT2D eigenvalue weighted by molar-refractivity contribution is 5.82. The van der Waals surface area contributed by atoms with Crippen LogP contribution in [0.1, 0.15) is 12.8 Å². The molecule has 0 aliphatic carbocycles. The smallest absolute Gasteiger partial charge is 0.241 e. The molecule has 0 atom stereocenters. The maximum absolute atomic E-state index is 11.0. The van der Waals surface area contributed by atoms with Crippen LogP contribution >= 0.6 is 0 Å². The molecule has 0 unspecified atom stereocenters. The van der Waals surface area contributed by atoms with Crippen molar-refractivity contribution in [2.45, 2.75) is 12.8 Å². The molecule has 0 radical (unpaired) electrons. The van der Waals surface area contributed by atoms with Crippen LogP contribution in [0, 0.1) is 0 Å². The number of amides is 1. The van der Waals surface area contributed by atoms with Crippen molar-refractivity contribution in [1.82, 2.24) is 4.90 Å². The van der Waals surface area contributed by atoms with E-state index < -0.39 is 0 Å². The zero-order valence-corrected chi connectivity index (χ0v) is 6.17. The molecule has 0 bridgehead atoms. The van der Waals surface area contributed by atoms with Gasteiger partial charge in [-0.1, -0.05) is 0 Å². The van der Waals surface area contributed by atoms with Crippen molar-refractivity contribution in [3.05, 3.63) is 5.70 Å². The molecule has 1 aliphatic rings. The van der Waals surface area contributed by atoms with E-state index in [4.69, 9.17) is 5.73 Å². The number of carbonyl (C=O) groups is 1. The summed E-state index contributed by atoms with van der Waals surface area (Å²) in [7, 11) is 0. The van der Waals surface area contributed by atoms with Crippen LogP contribution in [-0.2, 0) is 9.59 Å². The Labute approximate surface area is 64.7 Å². The third-order valence-corrected chi connectivity index (χ3v) is 1.71. The lowest BCUT2D eigenvalue weighted by Gasteiger charge is -2.12. The zero-order chi connectivity index (χ0) is 8.27. The van der Waals surface area contributed by atoms with Crippen LogP contribution in [0.4, 0.5) is 0 Å². The number of hydrogen-bond donors (Lipinski definition) is 1. The highest BCUT2D eigenvalue weighted by Gasteiger charge is 2.22. The van der Waals surface area contributed by atoms with E-state index in [1.54, 1.807) is 5.94 Å². The summed E-state index contributed by atoms with van der Waals surface area (Å²) in [4.78, 5) is 22.6. The van der Waals surface area contributed by atoms with E-state index in [2.05, 4.69) is 0 Å². The van der Waals surface area contributed by atoms with Crippen LogP contribution in [0.15, 0.2) is 5.70 Å². The number of hydrogen-bond acceptors (Lipinski definition) is 3. The molecule has 0 aromatic heterocycles. The molecule has 1 aliphatic heterocycles.